The summed E-state index contributed by atoms with van der Waals surface area (Å²) >= 11 is 1.40. The van der Waals surface area contributed by atoms with Crippen LogP contribution in [0.1, 0.15) is 43.2 Å². The summed E-state index contributed by atoms with van der Waals surface area (Å²) in [5.41, 5.74) is 15.9. The van der Waals surface area contributed by atoms with Crippen molar-refractivity contribution in [1.82, 2.24) is 4.98 Å². The third-order valence-electron chi connectivity index (χ3n) is 5.94. The molecule has 0 unspecified atom stereocenters. The van der Waals surface area contributed by atoms with Crippen molar-refractivity contribution in [3.63, 3.8) is 0 Å². The van der Waals surface area contributed by atoms with Crippen LogP contribution in [0.5, 0.6) is 0 Å². The Bertz CT molecular complexity index is 1300. The molecule has 0 saturated heterocycles. The van der Waals surface area contributed by atoms with Gasteiger partial charge in [0, 0.05) is 16.6 Å². The molecule has 2 N–H and O–H groups in total. The minimum absolute atomic E-state index is 0.0195. The fraction of sp³-hybridized carbons (Fsp3) is 0.167. The molecule has 0 bridgehead atoms. The molecule has 2 aromatic carbocycles. The van der Waals surface area contributed by atoms with Crippen molar-refractivity contribution in [2.24, 2.45) is 0 Å². The number of aryl methyl sites for hydroxylation is 2. The molecule has 0 atom stereocenters. The number of carbonyl (C=O) groups excluding carboxylic acids is 1. The molecule has 4 aromatic rings. The monoisotopic (exact) mass is 384 g/mol. The van der Waals surface area contributed by atoms with Crippen molar-refractivity contribution >= 4 is 33.0 Å². The number of nitrogens with zero attached hydrogens (tertiary/aromatic N) is 1. The van der Waals surface area contributed by atoms with Crippen LogP contribution in [-0.4, -0.2) is 10.8 Å². The van der Waals surface area contributed by atoms with Crippen LogP contribution < -0.4 is 5.73 Å². The number of nitrogens with two attached hydrogens (primary N) is 1. The molecule has 28 heavy (non-hydrogen) atoms. The van der Waals surface area contributed by atoms with E-state index >= 15 is 0 Å². The number of pyridine rings is 1. The van der Waals surface area contributed by atoms with E-state index in [1.807, 2.05) is 26.0 Å². The summed E-state index contributed by atoms with van der Waals surface area (Å²) in [6.07, 6.45) is 0.869. The average Bonchev–Trinajstić information content (AvgIpc) is 3.22. The molecule has 5 rings (SSSR count). The van der Waals surface area contributed by atoms with E-state index in [1.165, 1.54) is 33.6 Å². The lowest BCUT2D eigenvalue weighted by Gasteiger charge is -2.06. The molecule has 3 nitrogen and oxygen atoms in total. The zero-order valence-electron chi connectivity index (χ0n) is 16.1. The topological polar surface area (TPSA) is 56.0 Å². The average molecular weight is 385 g/mol. The summed E-state index contributed by atoms with van der Waals surface area (Å²) in [4.78, 5) is 19.4. The van der Waals surface area contributed by atoms with E-state index in [-0.39, 0.29) is 5.78 Å². The van der Waals surface area contributed by atoms with Crippen molar-refractivity contribution in [2.75, 3.05) is 5.73 Å². The minimum atomic E-state index is -0.0195. The van der Waals surface area contributed by atoms with Crippen LogP contribution in [0.4, 0.5) is 5.69 Å². The minimum Gasteiger partial charge on any atom is -0.397 e. The van der Waals surface area contributed by atoms with Crippen LogP contribution in [0.25, 0.3) is 21.3 Å². The van der Waals surface area contributed by atoms with Crippen molar-refractivity contribution in [2.45, 2.75) is 27.2 Å². The van der Waals surface area contributed by atoms with Crippen molar-refractivity contribution in [3.8, 4) is 11.1 Å². The van der Waals surface area contributed by atoms with Gasteiger partial charge in [0.25, 0.3) is 0 Å². The lowest BCUT2D eigenvalue weighted by molar-refractivity contribution is 0.104. The number of anilines is 1. The van der Waals surface area contributed by atoms with Crippen LogP contribution in [0.3, 0.4) is 0 Å². The summed E-state index contributed by atoms with van der Waals surface area (Å²) in [6.45, 7) is 6.10. The second-order valence-corrected chi connectivity index (χ2v) is 8.51. The molecular weight excluding hydrogens is 364 g/mol. The number of rotatable bonds is 2. The Morgan fingerprint density at radius 1 is 1.00 bits per heavy atom. The highest BCUT2D eigenvalue weighted by Crippen LogP contribution is 2.40. The first-order valence-corrected chi connectivity index (χ1v) is 10.2. The number of aromatic nitrogens is 1. The van der Waals surface area contributed by atoms with Gasteiger partial charge >= 0.3 is 0 Å². The van der Waals surface area contributed by atoms with E-state index in [2.05, 4.69) is 42.2 Å². The Labute approximate surface area is 167 Å². The van der Waals surface area contributed by atoms with Gasteiger partial charge in [-0.3, -0.25) is 4.79 Å². The molecule has 0 amide bonds. The quantitative estimate of drug-likeness (QED) is 0.403. The Morgan fingerprint density at radius 3 is 2.57 bits per heavy atom. The normalized spacial score (nSPS) is 12.2. The number of hydrogen-bond donors (Lipinski definition) is 1. The molecule has 1 aliphatic rings. The van der Waals surface area contributed by atoms with Crippen molar-refractivity contribution in [3.05, 3.63) is 80.9 Å². The largest absolute Gasteiger partial charge is 0.397 e. The maximum atomic E-state index is 13.3. The van der Waals surface area contributed by atoms with Gasteiger partial charge in [-0.1, -0.05) is 36.4 Å². The first-order chi connectivity index (χ1) is 13.5. The number of nitrogen functional groups attached to an aromatic ring is 1. The Balaban J connectivity index is 1.61. The molecule has 1 aliphatic carbocycles. The van der Waals surface area contributed by atoms with Gasteiger partial charge in [0.1, 0.15) is 9.71 Å². The number of hydrogen-bond acceptors (Lipinski definition) is 4. The smallest absolute Gasteiger partial charge is 0.205 e. The van der Waals surface area contributed by atoms with Gasteiger partial charge in [0.05, 0.1) is 5.69 Å². The molecular formula is C24H20N2OS. The van der Waals surface area contributed by atoms with Gasteiger partial charge in [-0.15, -0.1) is 11.3 Å². The van der Waals surface area contributed by atoms with Gasteiger partial charge in [0.2, 0.25) is 5.78 Å². The van der Waals surface area contributed by atoms with E-state index in [9.17, 15) is 4.79 Å². The van der Waals surface area contributed by atoms with Crippen LogP contribution in [0.15, 0.2) is 42.5 Å². The lowest BCUT2D eigenvalue weighted by Crippen LogP contribution is -2.03. The van der Waals surface area contributed by atoms with Crippen LogP contribution in [-0.2, 0) is 6.42 Å². The number of thiophene rings is 1. The molecule has 0 aliphatic heterocycles. The first-order valence-electron chi connectivity index (χ1n) is 9.37. The molecule has 0 radical (unpaired) electrons. The zero-order valence-corrected chi connectivity index (χ0v) is 16.9. The van der Waals surface area contributed by atoms with Gasteiger partial charge in [0.15, 0.2) is 0 Å². The highest BCUT2D eigenvalue weighted by molar-refractivity contribution is 7.21. The van der Waals surface area contributed by atoms with Gasteiger partial charge in [-0.25, -0.2) is 4.98 Å². The van der Waals surface area contributed by atoms with Crippen LogP contribution in [0.2, 0.25) is 0 Å². The standard InChI is InChI=1S/C24H20N2OS/c1-12-13(2)20-21(25)23(28-24(20)26-14(12)3)22(27)16-8-9-19-17(11-16)10-15-6-4-5-7-18(15)19/h4-9,11H,10,25H2,1-3H3. The number of carbonyl (C=O) groups is 1. The molecule has 138 valence electrons. The summed E-state index contributed by atoms with van der Waals surface area (Å²) in [6, 6.07) is 14.4. The molecule has 2 aromatic heterocycles. The van der Waals surface area contributed by atoms with E-state index in [1.54, 1.807) is 0 Å². The maximum Gasteiger partial charge on any atom is 0.205 e. The number of ketones is 1. The van der Waals surface area contributed by atoms with Gasteiger partial charge < -0.3 is 5.73 Å². The SMILES string of the molecule is Cc1nc2sc(C(=O)c3ccc4c(c3)Cc3ccccc3-4)c(N)c2c(C)c1C. The van der Waals surface area contributed by atoms with Gasteiger partial charge in [-0.2, -0.15) is 0 Å². The lowest BCUT2D eigenvalue weighted by atomic mass is 10.00. The highest BCUT2D eigenvalue weighted by Gasteiger charge is 2.24. The summed E-state index contributed by atoms with van der Waals surface area (Å²) < 4.78 is 0. The zero-order chi connectivity index (χ0) is 19.6. The van der Waals surface area contributed by atoms with Crippen LogP contribution >= 0.6 is 11.3 Å². The van der Waals surface area contributed by atoms with Crippen LogP contribution in [0, 0.1) is 20.8 Å². The summed E-state index contributed by atoms with van der Waals surface area (Å²) in [5.74, 6) is -0.0195. The molecule has 4 heteroatoms. The highest BCUT2D eigenvalue weighted by atomic mass is 32.1. The second-order valence-electron chi connectivity index (χ2n) is 7.51. The number of benzene rings is 2. The number of fused-ring (bicyclic) bond motifs is 4. The Kier molecular flexibility index (Phi) is 3.68. The van der Waals surface area contributed by atoms with Crippen molar-refractivity contribution < 1.29 is 4.79 Å². The van der Waals surface area contributed by atoms with Gasteiger partial charge in [-0.05, 0) is 66.6 Å². The Morgan fingerprint density at radius 2 is 1.75 bits per heavy atom. The Hall–Kier alpha value is -2.98. The van der Waals surface area contributed by atoms with Crippen molar-refractivity contribution in [1.29, 1.82) is 0 Å². The van der Waals surface area contributed by atoms with E-state index in [0.29, 0.717) is 16.1 Å². The summed E-state index contributed by atoms with van der Waals surface area (Å²) in [7, 11) is 0. The molecule has 0 spiro atoms. The van der Waals surface area contributed by atoms with E-state index in [4.69, 9.17) is 5.73 Å². The summed E-state index contributed by atoms with van der Waals surface area (Å²) in [5, 5.41) is 0.921. The third kappa shape index (κ3) is 2.34. The predicted octanol–water partition coefficient (Wildman–Crippen LogP) is 5.61. The van der Waals surface area contributed by atoms with E-state index in [0.717, 1.165) is 33.5 Å². The third-order valence-corrected chi connectivity index (χ3v) is 7.04. The van der Waals surface area contributed by atoms with E-state index < -0.39 is 0 Å². The predicted molar refractivity (Wildman–Crippen MR) is 116 cm³/mol. The molecule has 0 saturated carbocycles. The fourth-order valence-corrected chi connectivity index (χ4v) is 5.32. The molecule has 2 heterocycles. The first kappa shape index (κ1) is 17.1. The molecule has 0 fully saturated rings. The maximum absolute atomic E-state index is 13.3. The second kappa shape index (κ2) is 6.01. The fourth-order valence-electron chi connectivity index (χ4n) is 4.15.